The predicted octanol–water partition coefficient (Wildman–Crippen LogP) is 2.58. The van der Waals surface area contributed by atoms with Gasteiger partial charge in [-0.15, -0.1) is 6.58 Å². The highest BCUT2D eigenvalue weighted by Crippen LogP contribution is 2.28. The largest absolute Gasteiger partial charge is 0.359 e. The van der Waals surface area contributed by atoms with E-state index in [0.29, 0.717) is 0 Å². The molecule has 1 aliphatic heterocycles. The maximum atomic E-state index is 3.73. The van der Waals surface area contributed by atoms with Crippen LogP contribution in [-0.2, 0) is 0 Å². The third-order valence-electron chi connectivity index (χ3n) is 2.03. The fraction of sp³-hybridized carbons (Fsp3) is 0.0909. The summed E-state index contributed by atoms with van der Waals surface area (Å²) in [5.41, 5.74) is 2.34. The van der Waals surface area contributed by atoms with Gasteiger partial charge in [-0.25, -0.2) is 0 Å². The van der Waals surface area contributed by atoms with Gasteiger partial charge in [-0.2, -0.15) is 0 Å². The molecule has 1 aromatic carbocycles. The van der Waals surface area contributed by atoms with Gasteiger partial charge in [0, 0.05) is 18.9 Å². The van der Waals surface area contributed by atoms with E-state index in [1.807, 2.05) is 30.6 Å². The molecule has 0 fully saturated rings. The van der Waals surface area contributed by atoms with Crippen LogP contribution >= 0.6 is 0 Å². The molecule has 66 valence electrons. The summed E-state index contributed by atoms with van der Waals surface area (Å²) in [5.74, 6) is 0. The number of anilines is 2. The Morgan fingerprint density at radius 2 is 2.23 bits per heavy atom. The summed E-state index contributed by atoms with van der Waals surface area (Å²) in [6.07, 6.45) is 5.85. The molecule has 1 heterocycles. The lowest BCUT2D eigenvalue weighted by atomic mass is 10.2. The molecule has 2 rings (SSSR count). The molecule has 1 N–H and O–H groups in total. The first kappa shape index (κ1) is 7.92. The Bertz CT molecular complexity index is 342. The fourth-order valence-corrected chi connectivity index (χ4v) is 1.44. The lowest BCUT2D eigenvalue weighted by Gasteiger charge is -2.25. The van der Waals surface area contributed by atoms with Gasteiger partial charge in [-0.3, -0.25) is 0 Å². The first-order chi connectivity index (χ1) is 6.42. The maximum Gasteiger partial charge on any atom is 0.0648 e. The van der Waals surface area contributed by atoms with Gasteiger partial charge in [0.2, 0.25) is 0 Å². The van der Waals surface area contributed by atoms with Crippen LogP contribution in [0.5, 0.6) is 0 Å². The molecule has 0 radical (unpaired) electrons. The average Bonchev–Trinajstić information content (AvgIpc) is 2.19. The number of nitrogens with zero attached hydrogens (tertiary/aromatic N) is 1. The molecule has 13 heavy (non-hydrogen) atoms. The highest BCUT2D eigenvalue weighted by molar-refractivity contribution is 5.74. The van der Waals surface area contributed by atoms with Gasteiger partial charge in [-0.1, -0.05) is 18.2 Å². The van der Waals surface area contributed by atoms with E-state index < -0.39 is 0 Å². The number of fused-ring (bicyclic) bond motifs is 1. The monoisotopic (exact) mass is 172 g/mol. The van der Waals surface area contributed by atoms with Crippen LogP contribution in [0.1, 0.15) is 0 Å². The van der Waals surface area contributed by atoms with Gasteiger partial charge in [0.15, 0.2) is 0 Å². The second-order valence-electron chi connectivity index (χ2n) is 2.92. The summed E-state index contributed by atoms with van der Waals surface area (Å²) in [6.45, 7) is 4.57. The molecule has 0 spiro atoms. The predicted molar refractivity (Wildman–Crippen MR) is 56.7 cm³/mol. The molecule has 0 bridgehead atoms. The van der Waals surface area contributed by atoms with Gasteiger partial charge in [-0.05, 0) is 12.1 Å². The van der Waals surface area contributed by atoms with Crippen LogP contribution in [0.4, 0.5) is 11.4 Å². The van der Waals surface area contributed by atoms with Crippen LogP contribution in [0.3, 0.4) is 0 Å². The topological polar surface area (TPSA) is 15.3 Å². The number of nitrogens with one attached hydrogen (secondary N) is 1. The van der Waals surface area contributed by atoms with Gasteiger partial charge in [0.05, 0.1) is 11.4 Å². The number of hydrogen-bond acceptors (Lipinski definition) is 2. The molecule has 1 aromatic rings. The molecule has 0 atom stereocenters. The van der Waals surface area contributed by atoms with Crippen molar-refractivity contribution in [2.45, 2.75) is 0 Å². The first-order valence-electron chi connectivity index (χ1n) is 4.31. The molecular formula is C11H12N2. The molecule has 0 saturated heterocycles. The highest BCUT2D eigenvalue weighted by Gasteiger charge is 2.09. The van der Waals surface area contributed by atoms with E-state index >= 15 is 0 Å². The molecule has 1 aliphatic rings. The van der Waals surface area contributed by atoms with E-state index in [2.05, 4.69) is 28.9 Å². The highest BCUT2D eigenvalue weighted by atomic mass is 15.2. The molecule has 0 aromatic heterocycles. The van der Waals surface area contributed by atoms with Crippen LogP contribution in [-0.4, -0.2) is 6.54 Å². The zero-order valence-corrected chi connectivity index (χ0v) is 7.40. The summed E-state index contributed by atoms with van der Waals surface area (Å²) in [6, 6.07) is 8.22. The van der Waals surface area contributed by atoms with E-state index in [1.54, 1.807) is 0 Å². The van der Waals surface area contributed by atoms with Crippen molar-refractivity contribution in [2.24, 2.45) is 0 Å². The van der Waals surface area contributed by atoms with Crippen molar-refractivity contribution in [1.29, 1.82) is 0 Å². The Balaban J connectivity index is 2.36. The van der Waals surface area contributed by atoms with Crippen molar-refractivity contribution < 1.29 is 0 Å². The van der Waals surface area contributed by atoms with E-state index in [-0.39, 0.29) is 0 Å². The molecule has 2 nitrogen and oxygen atoms in total. The Morgan fingerprint density at radius 3 is 3.08 bits per heavy atom. The first-order valence-corrected chi connectivity index (χ1v) is 4.31. The van der Waals surface area contributed by atoms with Gasteiger partial charge in [0.25, 0.3) is 0 Å². The van der Waals surface area contributed by atoms with E-state index in [4.69, 9.17) is 0 Å². The van der Waals surface area contributed by atoms with E-state index in [1.165, 1.54) is 5.69 Å². The lowest BCUT2D eigenvalue weighted by molar-refractivity contribution is 1.08. The van der Waals surface area contributed by atoms with E-state index in [0.717, 1.165) is 12.2 Å². The zero-order valence-electron chi connectivity index (χ0n) is 7.40. The molecule has 2 heteroatoms. The normalized spacial score (nSPS) is 13.4. The smallest absolute Gasteiger partial charge is 0.0648 e. The quantitative estimate of drug-likeness (QED) is 0.690. The molecule has 0 aliphatic carbocycles. The van der Waals surface area contributed by atoms with Crippen LogP contribution in [0, 0.1) is 0 Å². The minimum Gasteiger partial charge on any atom is -0.359 e. The lowest BCUT2D eigenvalue weighted by Crippen LogP contribution is -2.20. The van der Waals surface area contributed by atoms with Gasteiger partial charge >= 0.3 is 0 Å². The summed E-state index contributed by atoms with van der Waals surface area (Å²) in [7, 11) is 0. The number of para-hydroxylation sites is 2. The Kier molecular flexibility index (Phi) is 2.04. The Hall–Kier alpha value is -1.70. The molecule has 0 saturated carbocycles. The number of benzene rings is 1. The second-order valence-corrected chi connectivity index (χ2v) is 2.92. The third kappa shape index (κ3) is 1.43. The summed E-state index contributed by atoms with van der Waals surface area (Å²) < 4.78 is 0. The van der Waals surface area contributed by atoms with Crippen molar-refractivity contribution in [3.8, 4) is 0 Å². The van der Waals surface area contributed by atoms with Gasteiger partial charge in [0.1, 0.15) is 0 Å². The molecule has 0 unspecified atom stereocenters. The molecular weight excluding hydrogens is 160 g/mol. The van der Waals surface area contributed by atoms with Crippen LogP contribution < -0.4 is 10.2 Å². The van der Waals surface area contributed by atoms with Crippen molar-refractivity contribution in [3.63, 3.8) is 0 Å². The van der Waals surface area contributed by atoms with Crippen LogP contribution in [0.25, 0.3) is 0 Å². The number of rotatable bonds is 2. The fourth-order valence-electron chi connectivity index (χ4n) is 1.44. The third-order valence-corrected chi connectivity index (χ3v) is 2.03. The zero-order chi connectivity index (χ0) is 9.10. The van der Waals surface area contributed by atoms with Crippen LogP contribution in [0.2, 0.25) is 0 Å². The van der Waals surface area contributed by atoms with Gasteiger partial charge < -0.3 is 10.2 Å². The SMILES string of the molecule is C=CCN1C=CNc2ccccc21. The van der Waals surface area contributed by atoms with Crippen molar-refractivity contribution in [3.05, 3.63) is 49.3 Å². The standard InChI is InChI=1S/C11H12N2/c1-2-8-13-9-7-12-10-5-3-4-6-11(10)13/h2-7,9,12H,1,8H2. The summed E-state index contributed by atoms with van der Waals surface area (Å²) >= 11 is 0. The Labute approximate surface area is 78.2 Å². The minimum atomic E-state index is 0.842. The van der Waals surface area contributed by atoms with Crippen molar-refractivity contribution >= 4 is 11.4 Å². The Morgan fingerprint density at radius 1 is 1.38 bits per heavy atom. The van der Waals surface area contributed by atoms with Crippen molar-refractivity contribution in [1.82, 2.24) is 0 Å². The van der Waals surface area contributed by atoms with Crippen LogP contribution in [0.15, 0.2) is 49.3 Å². The van der Waals surface area contributed by atoms with Crippen molar-refractivity contribution in [2.75, 3.05) is 16.8 Å². The van der Waals surface area contributed by atoms with E-state index in [9.17, 15) is 0 Å². The maximum absolute atomic E-state index is 3.73. The minimum absolute atomic E-state index is 0.842. The second kappa shape index (κ2) is 3.35. The summed E-state index contributed by atoms with van der Waals surface area (Å²) in [5, 5.41) is 3.19. The molecule has 0 amide bonds. The summed E-state index contributed by atoms with van der Waals surface area (Å²) in [4.78, 5) is 2.15. The average molecular weight is 172 g/mol. The number of hydrogen-bond donors (Lipinski definition) is 1.